The van der Waals surface area contributed by atoms with Crippen LogP contribution in [0.3, 0.4) is 0 Å². The van der Waals surface area contributed by atoms with Crippen molar-refractivity contribution in [2.75, 3.05) is 19.2 Å². The van der Waals surface area contributed by atoms with Crippen molar-refractivity contribution in [3.63, 3.8) is 0 Å². The Kier molecular flexibility index (Phi) is 5.72. The van der Waals surface area contributed by atoms with Gasteiger partial charge in [0.05, 0.1) is 6.61 Å². The molecule has 1 aliphatic rings. The maximum atomic E-state index is 12.6. The van der Waals surface area contributed by atoms with Crippen molar-refractivity contribution in [1.29, 1.82) is 0 Å². The van der Waals surface area contributed by atoms with E-state index in [4.69, 9.17) is 25.8 Å². The fraction of sp³-hybridized carbons (Fsp3) is 0.500. The van der Waals surface area contributed by atoms with E-state index in [1.54, 1.807) is 27.7 Å². The number of alkyl halides is 1. The molecule has 0 atom stereocenters. The molecule has 0 aliphatic carbocycles. The first-order valence-corrected chi connectivity index (χ1v) is 9.78. The summed E-state index contributed by atoms with van der Waals surface area (Å²) in [5, 5.41) is 0. The van der Waals surface area contributed by atoms with Crippen LogP contribution in [0, 0.1) is 0 Å². The van der Waals surface area contributed by atoms with Gasteiger partial charge in [0.25, 0.3) is 15.9 Å². The molecule has 0 spiro atoms. The Morgan fingerprint density at radius 3 is 2.35 bits per heavy atom. The number of benzene rings is 1. The Morgan fingerprint density at radius 2 is 1.81 bits per heavy atom. The lowest BCUT2D eigenvalue weighted by molar-refractivity contribution is -0.157. The number of carbonyl (C=O) groups excluding carboxylic acids is 2. The summed E-state index contributed by atoms with van der Waals surface area (Å²) < 4.78 is 41.6. The second-order valence-corrected chi connectivity index (χ2v) is 8.39. The number of carbonyl (C=O) groups is 2. The standard InChI is InChI=1S/C16H20ClNO7S/c1-5-23-10-6-7-11(24-8-12(19)25-16(2,3)4)14-13(10)15(20)18(9-17)26(14,21)22/h6-7H,5,8-9H2,1-4H3. The molecule has 8 nitrogen and oxygen atoms in total. The predicted octanol–water partition coefficient (Wildman–Crippen LogP) is 2.15. The van der Waals surface area contributed by atoms with E-state index in [-0.39, 0.29) is 28.6 Å². The van der Waals surface area contributed by atoms with E-state index in [2.05, 4.69) is 0 Å². The zero-order valence-electron chi connectivity index (χ0n) is 14.9. The summed E-state index contributed by atoms with van der Waals surface area (Å²) in [6.07, 6.45) is 0. The lowest BCUT2D eigenvalue weighted by Gasteiger charge is -2.20. The van der Waals surface area contributed by atoms with E-state index in [0.717, 1.165) is 0 Å². The molecule has 0 unspecified atom stereocenters. The molecule has 1 aromatic carbocycles. The smallest absolute Gasteiger partial charge is 0.344 e. The number of hydrogen-bond donors (Lipinski definition) is 0. The van der Waals surface area contributed by atoms with Crippen LogP contribution in [0.1, 0.15) is 38.1 Å². The van der Waals surface area contributed by atoms with Crippen LogP contribution in [0.4, 0.5) is 0 Å². The highest BCUT2D eigenvalue weighted by Crippen LogP contribution is 2.42. The molecule has 1 amide bonds. The fourth-order valence-electron chi connectivity index (χ4n) is 2.36. The van der Waals surface area contributed by atoms with Crippen LogP contribution in [-0.4, -0.2) is 49.4 Å². The molecule has 1 heterocycles. The Bertz CT molecular complexity index is 830. The molecule has 1 aliphatic heterocycles. The van der Waals surface area contributed by atoms with Gasteiger partial charge in [-0.05, 0) is 39.8 Å². The average Bonchev–Trinajstić information content (AvgIpc) is 2.72. The summed E-state index contributed by atoms with van der Waals surface area (Å²) >= 11 is 5.63. The number of ether oxygens (including phenoxy) is 3. The number of sulfonamides is 1. The van der Waals surface area contributed by atoms with Gasteiger partial charge in [0.1, 0.15) is 33.6 Å². The van der Waals surface area contributed by atoms with Crippen LogP contribution in [0.15, 0.2) is 17.0 Å². The van der Waals surface area contributed by atoms with Gasteiger partial charge in [-0.25, -0.2) is 17.5 Å². The largest absolute Gasteiger partial charge is 0.493 e. The molecule has 0 radical (unpaired) electrons. The highest BCUT2D eigenvalue weighted by Gasteiger charge is 2.46. The number of halogens is 1. The number of hydrogen-bond acceptors (Lipinski definition) is 7. The highest BCUT2D eigenvalue weighted by atomic mass is 35.5. The minimum atomic E-state index is -4.21. The molecule has 2 rings (SSSR count). The van der Waals surface area contributed by atoms with Crippen LogP contribution in [0.25, 0.3) is 0 Å². The minimum Gasteiger partial charge on any atom is -0.493 e. The molecular formula is C16H20ClNO7S. The first-order chi connectivity index (χ1) is 12.0. The molecule has 10 heteroatoms. The summed E-state index contributed by atoms with van der Waals surface area (Å²) in [5.74, 6) is -1.51. The van der Waals surface area contributed by atoms with E-state index >= 15 is 0 Å². The van der Waals surface area contributed by atoms with Crippen LogP contribution in [-0.2, 0) is 19.6 Å². The topological polar surface area (TPSA) is 99.2 Å². The van der Waals surface area contributed by atoms with Gasteiger partial charge < -0.3 is 14.2 Å². The lowest BCUT2D eigenvalue weighted by Crippen LogP contribution is -2.29. The van der Waals surface area contributed by atoms with Crippen LogP contribution < -0.4 is 9.47 Å². The van der Waals surface area contributed by atoms with Crippen molar-refractivity contribution in [1.82, 2.24) is 4.31 Å². The van der Waals surface area contributed by atoms with E-state index in [1.807, 2.05) is 0 Å². The lowest BCUT2D eigenvalue weighted by atomic mass is 10.1. The van der Waals surface area contributed by atoms with E-state index in [9.17, 15) is 18.0 Å². The van der Waals surface area contributed by atoms with Crippen molar-refractivity contribution in [2.45, 2.75) is 38.2 Å². The van der Waals surface area contributed by atoms with Crippen molar-refractivity contribution in [3.8, 4) is 11.5 Å². The summed E-state index contributed by atoms with van der Waals surface area (Å²) in [6.45, 7) is 6.51. The summed E-state index contributed by atoms with van der Waals surface area (Å²) in [6, 6.07) is 2.20. The zero-order valence-corrected chi connectivity index (χ0v) is 16.4. The van der Waals surface area contributed by atoms with E-state index in [0.29, 0.717) is 4.31 Å². The molecule has 0 bridgehead atoms. The predicted molar refractivity (Wildman–Crippen MR) is 93.0 cm³/mol. The molecule has 0 saturated heterocycles. The monoisotopic (exact) mass is 405 g/mol. The first kappa shape index (κ1) is 20.3. The molecule has 0 saturated carbocycles. The number of esters is 1. The Labute approximate surface area is 157 Å². The van der Waals surface area contributed by atoms with Crippen molar-refractivity contribution in [2.24, 2.45) is 0 Å². The summed E-state index contributed by atoms with van der Waals surface area (Å²) in [4.78, 5) is 23.9. The number of rotatable bonds is 6. The van der Waals surface area contributed by atoms with Gasteiger partial charge in [0, 0.05) is 0 Å². The Balaban J connectivity index is 2.42. The average molecular weight is 406 g/mol. The number of amides is 1. The maximum absolute atomic E-state index is 12.6. The third-order valence-corrected chi connectivity index (χ3v) is 5.42. The van der Waals surface area contributed by atoms with Crippen molar-refractivity contribution >= 4 is 33.5 Å². The van der Waals surface area contributed by atoms with Crippen molar-refractivity contribution < 1.29 is 32.2 Å². The van der Waals surface area contributed by atoms with Gasteiger partial charge >= 0.3 is 5.97 Å². The normalized spacial score (nSPS) is 15.6. The van der Waals surface area contributed by atoms with Crippen LogP contribution in [0.5, 0.6) is 11.5 Å². The molecule has 1 aromatic rings. The zero-order chi connectivity index (χ0) is 19.7. The Hall–Kier alpha value is -2.00. The highest BCUT2D eigenvalue weighted by molar-refractivity contribution is 7.90. The van der Waals surface area contributed by atoms with Gasteiger partial charge in [-0.15, -0.1) is 11.6 Å². The van der Waals surface area contributed by atoms with Gasteiger partial charge in [0.15, 0.2) is 6.61 Å². The first-order valence-electron chi connectivity index (χ1n) is 7.80. The summed E-state index contributed by atoms with van der Waals surface area (Å²) in [5.41, 5.74) is -0.868. The quantitative estimate of drug-likeness (QED) is 0.406. The van der Waals surface area contributed by atoms with Gasteiger partial charge in [-0.1, -0.05) is 0 Å². The van der Waals surface area contributed by atoms with Gasteiger partial charge in [-0.3, -0.25) is 4.79 Å². The second kappa shape index (κ2) is 7.32. The third-order valence-electron chi connectivity index (χ3n) is 3.25. The SMILES string of the molecule is CCOc1ccc(OCC(=O)OC(C)(C)C)c2c1C(=O)N(CCl)S2(=O)=O. The second-order valence-electron chi connectivity index (χ2n) is 6.35. The number of nitrogens with zero attached hydrogens (tertiary/aromatic N) is 1. The van der Waals surface area contributed by atoms with Crippen LogP contribution >= 0.6 is 11.6 Å². The maximum Gasteiger partial charge on any atom is 0.344 e. The number of fused-ring (bicyclic) bond motifs is 1. The van der Waals surface area contributed by atoms with Crippen LogP contribution in [0.2, 0.25) is 0 Å². The molecular weight excluding hydrogens is 386 g/mol. The molecule has 26 heavy (non-hydrogen) atoms. The molecule has 0 aromatic heterocycles. The molecule has 144 valence electrons. The minimum absolute atomic E-state index is 0.105. The summed E-state index contributed by atoms with van der Waals surface area (Å²) in [7, 11) is -4.21. The van der Waals surface area contributed by atoms with E-state index in [1.165, 1.54) is 12.1 Å². The third kappa shape index (κ3) is 3.88. The van der Waals surface area contributed by atoms with Gasteiger partial charge in [-0.2, -0.15) is 0 Å². The fourth-order valence-corrected chi connectivity index (χ4v) is 4.34. The van der Waals surface area contributed by atoms with E-state index < -0.39 is 40.1 Å². The molecule has 0 N–H and O–H groups in total. The van der Waals surface area contributed by atoms with Gasteiger partial charge in [0.2, 0.25) is 0 Å². The van der Waals surface area contributed by atoms with Crippen molar-refractivity contribution in [3.05, 3.63) is 17.7 Å². The molecule has 0 fully saturated rings. The Morgan fingerprint density at radius 1 is 1.19 bits per heavy atom.